The second-order valence-corrected chi connectivity index (χ2v) is 9.13. The lowest BCUT2D eigenvalue weighted by molar-refractivity contribution is -0.126. The zero-order chi connectivity index (χ0) is 21.3. The van der Waals surface area contributed by atoms with Gasteiger partial charge in [0.25, 0.3) is 0 Å². The number of amides is 2. The summed E-state index contributed by atoms with van der Waals surface area (Å²) in [6.45, 7) is 10.8. The maximum Gasteiger partial charge on any atom is 0.408 e. The average Bonchev–Trinajstić information content (AvgIpc) is 2.57. The van der Waals surface area contributed by atoms with Crippen LogP contribution in [-0.2, 0) is 20.1 Å². The van der Waals surface area contributed by atoms with E-state index in [4.69, 9.17) is 4.74 Å². The highest BCUT2D eigenvalue weighted by Gasteiger charge is 2.26. The van der Waals surface area contributed by atoms with E-state index in [1.165, 1.54) is 11.8 Å². The number of hydrogen-bond acceptors (Lipinski definition) is 5. The monoisotopic (exact) mass is 408 g/mol. The molecule has 6 nitrogen and oxygen atoms in total. The van der Waals surface area contributed by atoms with Gasteiger partial charge in [-0.25, -0.2) is 4.79 Å². The lowest BCUT2D eigenvalue weighted by atomic mass is 10.0. The molecule has 28 heavy (non-hydrogen) atoms. The highest BCUT2D eigenvalue weighted by atomic mass is 32.2. The molecular weight excluding hydrogens is 376 g/mol. The van der Waals surface area contributed by atoms with Gasteiger partial charge in [-0.1, -0.05) is 55.9 Å². The van der Waals surface area contributed by atoms with Crippen molar-refractivity contribution in [2.24, 2.45) is 5.92 Å². The first-order valence-electron chi connectivity index (χ1n) is 9.48. The summed E-state index contributed by atoms with van der Waals surface area (Å²) >= 11 is 1.19. The van der Waals surface area contributed by atoms with Crippen LogP contribution in [0.3, 0.4) is 0 Å². The van der Waals surface area contributed by atoms with Crippen molar-refractivity contribution in [2.75, 3.05) is 0 Å². The molecule has 0 spiro atoms. The molecule has 0 unspecified atom stereocenters. The quantitative estimate of drug-likeness (QED) is 0.682. The fraction of sp³-hybridized carbons (Fsp3) is 0.571. The van der Waals surface area contributed by atoms with Gasteiger partial charge in [-0.2, -0.15) is 0 Å². The van der Waals surface area contributed by atoms with Crippen molar-refractivity contribution < 1.29 is 19.1 Å². The van der Waals surface area contributed by atoms with Crippen LogP contribution < -0.4 is 10.6 Å². The molecule has 2 amide bonds. The van der Waals surface area contributed by atoms with Crippen LogP contribution in [0, 0.1) is 5.92 Å². The molecule has 0 saturated heterocycles. The van der Waals surface area contributed by atoms with E-state index in [0.29, 0.717) is 12.2 Å². The Morgan fingerprint density at radius 3 is 2.18 bits per heavy atom. The van der Waals surface area contributed by atoms with Crippen LogP contribution >= 0.6 is 11.8 Å². The van der Waals surface area contributed by atoms with E-state index in [9.17, 15) is 14.4 Å². The Balaban J connectivity index is 2.64. The van der Waals surface area contributed by atoms with Crippen LogP contribution in [-0.4, -0.2) is 34.8 Å². The molecule has 0 saturated carbocycles. The van der Waals surface area contributed by atoms with Crippen LogP contribution in [0.4, 0.5) is 4.79 Å². The van der Waals surface area contributed by atoms with Gasteiger partial charge in [0.2, 0.25) is 11.0 Å². The Kier molecular flexibility index (Phi) is 9.52. The molecule has 1 aromatic rings. The molecule has 2 N–H and O–H groups in total. The number of rotatable bonds is 8. The van der Waals surface area contributed by atoms with Gasteiger partial charge in [0, 0.05) is 5.75 Å². The molecule has 0 radical (unpaired) electrons. The fourth-order valence-corrected chi connectivity index (χ4v) is 3.22. The van der Waals surface area contributed by atoms with Crippen LogP contribution in [0.2, 0.25) is 0 Å². The minimum atomic E-state index is -0.809. The first-order valence-corrected chi connectivity index (χ1v) is 10.5. The van der Waals surface area contributed by atoms with Crippen LogP contribution in [0.5, 0.6) is 0 Å². The summed E-state index contributed by atoms with van der Waals surface area (Å²) in [5.74, 6) is 0.376. The molecule has 0 aliphatic heterocycles. The maximum atomic E-state index is 12.7. The summed E-state index contributed by atoms with van der Waals surface area (Å²) in [7, 11) is 0. The summed E-state index contributed by atoms with van der Waals surface area (Å²) in [6, 6.07) is 8.29. The number of carbonyl (C=O) groups is 3. The topological polar surface area (TPSA) is 84.5 Å². The normalized spacial score (nSPS) is 13.5. The largest absolute Gasteiger partial charge is 0.444 e. The standard InChI is InChI=1S/C21H32N2O4S/c1-14(2)12-17(19(25)28-13-16-10-8-7-9-11-16)23-18(24)15(3)22-20(26)27-21(4,5)6/h7-11,14-15,17H,12-13H2,1-6H3,(H,22,26)(H,23,24)/t15-,17-/m0/s1. The van der Waals surface area contributed by atoms with Crippen molar-refractivity contribution in [1.82, 2.24) is 10.6 Å². The number of thioether (sulfide) groups is 1. The third kappa shape index (κ3) is 9.78. The van der Waals surface area contributed by atoms with Crippen molar-refractivity contribution in [3.63, 3.8) is 0 Å². The second kappa shape index (κ2) is 11.1. The molecule has 1 aromatic carbocycles. The van der Waals surface area contributed by atoms with Crippen molar-refractivity contribution in [3.8, 4) is 0 Å². The lowest BCUT2D eigenvalue weighted by Gasteiger charge is -2.24. The second-order valence-electron chi connectivity index (χ2n) is 8.15. The molecule has 0 heterocycles. The minimum absolute atomic E-state index is 0.0876. The van der Waals surface area contributed by atoms with Gasteiger partial charge in [-0.15, -0.1) is 0 Å². The molecule has 0 bridgehead atoms. The maximum absolute atomic E-state index is 12.7. The summed E-state index contributed by atoms with van der Waals surface area (Å²) in [5.41, 5.74) is 0.403. The fourth-order valence-electron chi connectivity index (χ4n) is 2.36. The van der Waals surface area contributed by atoms with Gasteiger partial charge in [0.1, 0.15) is 11.6 Å². The third-order valence-electron chi connectivity index (χ3n) is 3.66. The predicted octanol–water partition coefficient (Wildman–Crippen LogP) is 3.89. The van der Waals surface area contributed by atoms with E-state index in [0.717, 1.165) is 5.56 Å². The van der Waals surface area contributed by atoms with Gasteiger partial charge in [0.15, 0.2) is 0 Å². The number of hydrogen-bond donors (Lipinski definition) is 2. The first kappa shape index (κ1) is 24.0. The van der Waals surface area contributed by atoms with Crippen molar-refractivity contribution in [3.05, 3.63) is 35.9 Å². The van der Waals surface area contributed by atoms with Crippen LogP contribution in [0.15, 0.2) is 30.3 Å². The number of benzene rings is 1. The smallest absolute Gasteiger partial charge is 0.408 e. The molecule has 0 fully saturated rings. The Hall–Kier alpha value is -2.02. The Morgan fingerprint density at radius 1 is 1.04 bits per heavy atom. The molecule has 0 aliphatic rings. The van der Waals surface area contributed by atoms with Gasteiger partial charge < -0.3 is 15.4 Å². The van der Waals surface area contributed by atoms with E-state index < -0.39 is 29.7 Å². The molecule has 156 valence electrons. The Labute approximate surface area is 172 Å². The van der Waals surface area contributed by atoms with Crippen molar-refractivity contribution in [1.29, 1.82) is 0 Å². The molecule has 1 rings (SSSR count). The molecule has 7 heteroatoms. The number of alkyl carbamates (subject to hydrolysis) is 1. The zero-order valence-electron chi connectivity index (χ0n) is 17.6. The van der Waals surface area contributed by atoms with Gasteiger partial charge in [-0.05, 0) is 45.6 Å². The van der Waals surface area contributed by atoms with Crippen LogP contribution in [0.1, 0.15) is 53.5 Å². The van der Waals surface area contributed by atoms with E-state index in [1.807, 2.05) is 44.2 Å². The number of nitrogens with one attached hydrogen (secondary N) is 2. The zero-order valence-corrected chi connectivity index (χ0v) is 18.4. The van der Waals surface area contributed by atoms with E-state index in [1.54, 1.807) is 27.7 Å². The van der Waals surface area contributed by atoms with Crippen molar-refractivity contribution >= 4 is 28.9 Å². The minimum Gasteiger partial charge on any atom is -0.444 e. The number of carbonyl (C=O) groups excluding carboxylic acids is 3. The highest BCUT2D eigenvalue weighted by molar-refractivity contribution is 8.13. The first-order chi connectivity index (χ1) is 13.0. The predicted molar refractivity (Wildman–Crippen MR) is 113 cm³/mol. The SMILES string of the molecule is CC(C)C[C@H](NC(=O)[C@H](C)NC(=O)OC(C)(C)C)C(=O)SCc1ccccc1. The molecular formula is C21H32N2O4S. The Morgan fingerprint density at radius 2 is 1.64 bits per heavy atom. The summed E-state index contributed by atoms with van der Waals surface area (Å²) in [4.78, 5) is 37.0. The van der Waals surface area contributed by atoms with E-state index in [2.05, 4.69) is 10.6 Å². The highest BCUT2D eigenvalue weighted by Crippen LogP contribution is 2.18. The summed E-state index contributed by atoms with van der Waals surface area (Å²) < 4.78 is 5.16. The van der Waals surface area contributed by atoms with Gasteiger partial charge in [-0.3, -0.25) is 9.59 Å². The van der Waals surface area contributed by atoms with Gasteiger partial charge >= 0.3 is 6.09 Å². The van der Waals surface area contributed by atoms with Gasteiger partial charge in [0.05, 0.1) is 6.04 Å². The summed E-state index contributed by atoms with van der Waals surface area (Å²) in [5, 5.41) is 5.19. The van der Waals surface area contributed by atoms with Crippen LogP contribution in [0.25, 0.3) is 0 Å². The third-order valence-corrected chi connectivity index (χ3v) is 4.71. The average molecular weight is 409 g/mol. The molecule has 0 aliphatic carbocycles. The molecule has 2 atom stereocenters. The van der Waals surface area contributed by atoms with E-state index >= 15 is 0 Å². The van der Waals surface area contributed by atoms with E-state index in [-0.39, 0.29) is 11.0 Å². The molecule has 0 aromatic heterocycles. The Bertz CT molecular complexity index is 656. The summed E-state index contributed by atoms with van der Waals surface area (Å²) in [6.07, 6.45) is -0.133. The lowest BCUT2D eigenvalue weighted by Crippen LogP contribution is -2.51. The van der Waals surface area contributed by atoms with Crippen molar-refractivity contribution in [2.45, 2.75) is 71.4 Å². The number of ether oxygens (including phenoxy) is 1.